The van der Waals surface area contributed by atoms with Crippen molar-refractivity contribution in [1.82, 2.24) is 15.3 Å². The lowest BCUT2D eigenvalue weighted by molar-refractivity contribution is -0.0584. The van der Waals surface area contributed by atoms with Crippen LogP contribution in [0.25, 0.3) is 11.3 Å². The van der Waals surface area contributed by atoms with E-state index in [4.69, 9.17) is 4.84 Å². The van der Waals surface area contributed by atoms with Crippen molar-refractivity contribution >= 4 is 17.8 Å². The smallest absolute Gasteiger partial charge is 0.324 e. The predicted molar refractivity (Wildman–Crippen MR) is 86.3 cm³/mol. The third-order valence-electron chi connectivity index (χ3n) is 3.93. The van der Waals surface area contributed by atoms with Gasteiger partial charge in [0.1, 0.15) is 11.4 Å². The van der Waals surface area contributed by atoms with Crippen LogP contribution in [0.1, 0.15) is 31.1 Å². The molecule has 0 bridgehead atoms. The van der Waals surface area contributed by atoms with Crippen LogP contribution < -0.4 is 0 Å². The average molecular weight is 351 g/mol. The van der Waals surface area contributed by atoms with Crippen LogP contribution in [0, 0.1) is 5.82 Å². The molecular weight excluding hydrogens is 341 g/mol. The molecule has 4 rings (SSSR count). The maximum absolute atomic E-state index is 14.0. The molecule has 3 aromatic rings. The fraction of sp³-hybridized carbons (Fsp3) is 0. The molecule has 7 nitrogen and oxygen atoms in total. The second-order valence-electron chi connectivity index (χ2n) is 5.47. The molecule has 128 valence electrons. The number of nitrogens with one attached hydrogen (secondary N) is 1. The summed E-state index contributed by atoms with van der Waals surface area (Å²) in [6, 6.07) is 11.9. The number of carbonyl (C=O) groups is 3. The van der Waals surface area contributed by atoms with Crippen LogP contribution in [-0.4, -0.2) is 33.0 Å². The minimum atomic E-state index is -1.01. The van der Waals surface area contributed by atoms with E-state index in [0.29, 0.717) is 5.06 Å². The first-order valence-corrected chi connectivity index (χ1v) is 7.56. The van der Waals surface area contributed by atoms with Gasteiger partial charge in [0, 0.05) is 5.56 Å². The van der Waals surface area contributed by atoms with E-state index < -0.39 is 23.6 Å². The summed E-state index contributed by atoms with van der Waals surface area (Å²) in [6.45, 7) is 0. The van der Waals surface area contributed by atoms with Crippen LogP contribution in [0.5, 0.6) is 0 Å². The second-order valence-corrected chi connectivity index (χ2v) is 5.47. The number of carbonyl (C=O) groups excluding carboxylic acids is 3. The van der Waals surface area contributed by atoms with Crippen molar-refractivity contribution in [1.29, 1.82) is 0 Å². The van der Waals surface area contributed by atoms with Crippen molar-refractivity contribution < 1.29 is 23.6 Å². The highest BCUT2D eigenvalue weighted by molar-refractivity contribution is 6.21. The van der Waals surface area contributed by atoms with Gasteiger partial charge in [0.25, 0.3) is 11.8 Å². The molecular formula is C18H10FN3O4. The Labute approximate surface area is 146 Å². The number of rotatable bonds is 3. The zero-order chi connectivity index (χ0) is 18.3. The Morgan fingerprint density at radius 2 is 1.54 bits per heavy atom. The van der Waals surface area contributed by atoms with E-state index in [1.165, 1.54) is 30.3 Å². The summed E-state index contributed by atoms with van der Waals surface area (Å²) < 4.78 is 14.0. The Bertz CT molecular complexity index is 1020. The minimum absolute atomic E-state index is 0.0877. The molecule has 0 spiro atoms. The molecule has 8 heteroatoms. The quantitative estimate of drug-likeness (QED) is 0.732. The van der Waals surface area contributed by atoms with Crippen molar-refractivity contribution in [2.75, 3.05) is 0 Å². The number of hydroxylamine groups is 2. The van der Waals surface area contributed by atoms with Crippen LogP contribution in [0.3, 0.4) is 0 Å². The molecule has 0 fully saturated rings. The molecule has 0 saturated heterocycles. The van der Waals surface area contributed by atoms with Gasteiger partial charge < -0.3 is 4.84 Å². The van der Waals surface area contributed by atoms with Crippen molar-refractivity contribution in [3.63, 3.8) is 0 Å². The second kappa shape index (κ2) is 5.92. The summed E-state index contributed by atoms with van der Waals surface area (Å²) in [7, 11) is 0. The first-order valence-electron chi connectivity index (χ1n) is 7.56. The summed E-state index contributed by atoms with van der Waals surface area (Å²) in [5.74, 6) is -3.05. The monoisotopic (exact) mass is 351 g/mol. The van der Waals surface area contributed by atoms with Crippen molar-refractivity contribution in [2.24, 2.45) is 0 Å². The number of hydrogen-bond donors (Lipinski definition) is 1. The summed E-state index contributed by atoms with van der Waals surface area (Å²) in [4.78, 5) is 42.0. The van der Waals surface area contributed by atoms with E-state index in [2.05, 4.69) is 10.2 Å². The summed E-state index contributed by atoms with van der Waals surface area (Å²) in [5.41, 5.74) is 0.384. The third-order valence-corrected chi connectivity index (χ3v) is 3.93. The van der Waals surface area contributed by atoms with Gasteiger partial charge in [-0.05, 0) is 24.3 Å². The van der Waals surface area contributed by atoms with Gasteiger partial charge in [-0.2, -0.15) is 5.10 Å². The lowest BCUT2D eigenvalue weighted by Crippen LogP contribution is -2.32. The largest absolute Gasteiger partial charge is 0.367 e. The zero-order valence-electron chi connectivity index (χ0n) is 13.1. The number of nitrogens with zero attached hydrogens (tertiary/aromatic N) is 2. The van der Waals surface area contributed by atoms with E-state index >= 15 is 0 Å². The number of hydrogen-bond acceptors (Lipinski definition) is 5. The minimum Gasteiger partial charge on any atom is -0.324 e. The molecule has 2 heterocycles. The summed E-state index contributed by atoms with van der Waals surface area (Å²) >= 11 is 0. The Balaban J connectivity index is 1.64. The summed E-state index contributed by atoms with van der Waals surface area (Å²) in [6.07, 6.45) is 1.14. The number of halogens is 1. The van der Waals surface area contributed by atoms with Gasteiger partial charge in [-0.15, -0.1) is 0 Å². The number of imide groups is 1. The first-order chi connectivity index (χ1) is 12.6. The number of aromatic amines is 1. The van der Waals surface area contributed by atoms with Gasteiger partial charge in [0.05, 0.1) is 23.0 Å². The molecule has 2 amide bonds. The predicted octanol–water partition coefficient (Wildman–Crippen LogP) is 2.58. The molecule has 1 aliphatic rings. The molecule has 0 atom stereocenters. The van der Waals surface area contributed by atoms with Crippen molar-refractivity contribution in [2.45, 2.75) is 0 Å². The normalized spacial score (nSPS) is 13.0. The number of fused-ring (bicyclic) bond motifs is 1. The molecule has 0 radical (unpaired) electrons. The number of benzene rings is 2. The fourth-order valence-corrected chi connectivity index (χ4v) is 2.69. The highest BCUT2D eigenvalue weighted by Gasteiger charge is 2.39. The highest BCUT2D eigenvalue weighted by atomic mass is 19.1. The molecule has 0 saturated carbocycles. The van der Waals surface area contributed by atoms with Crippen LogP contribution in [0.2, 0.25) is 0 Å². The number of amides is 2. The van der Waals surface area contributed by atoms with E-state index in [9.17, 15) is 18.8 Å². The zero-order valence-corrected chi connectivity index (χ0v) is 13.1. The van der Waals surface area contributed by atoms with Crippen LogP contribution in [0.4, 0.5) is 4.39 Å². The van der Waals surface area contributed by atoms with E-state index in [1.807, 2.05) is 0 Å². The van der Waals surface area contributed by atoms with Crippen LogP contribution in [-0.2, 0) is 4.84 Å². The van der Waals surface area contributed by atoms with Gasteiger partial charge in [-0.1, -0.05) is 29.3 Å². The molecule has 1 N–H and O–H groups in total. The van der Waals surface area contributed by atoms with Gasteiger partial charge >= 0.3 is 5.97 Å². The van der Waals surface area contributed by atoms with E-state index in [-0.39, 0.29) is 27.9 Å². The molecule has 2 aromatic carbocycles. The fourth-order valence-electron chi connectivity index (χ4n) is 2.69. The molecule has 1 aliphatic heterocycles. The van der Waals surface area contributed by atoms with E-state index in [1.54, 1.807) is 18.2 Å². The van der Waals surface area contributed by atoms with Gasteiger partial charge in [0.15, 0.2) is 0 Å². The Morgan fingerprint density at radius 1 is 0.962 bits per heavy atom. The number of H-pyrrole nitrogens is 1. The first kappa shape index (κ1) is 15.7. The van der Waals surface area contributed by atoms with Crippen LogP contribution in [0.15, 0.2) is 54.7 Å². The number of aromatic nitrogens is 2. The van der Waals surface area contributed by atoms with Gasteiger partial charge in [-0.25, -0.2) is 9.18 Å². The Hall–Kier alpha value is -3.81. The van der Waals surface area contributed by atoms with E-state index in [0.717, 1.165) is 6.20 Å². The summed E-state index contributed by atoms with van der Waals surface area (Å²) in [5, 5.41) is 6.65. The standard InChI is InChI=1S/C18H10FN3O4/c19-14-8-4-3-7-12(14)15-13(9-20-21-15)18(25)26-22-16(23)10-5-1-2-6-11(10)17(22)24/h1-9H,(H,20,21). The highest BCUT2D eigenvalue weighted by Crippen LogP contribution is 2.27. The Kier molecular flexibility index (Phi) is 3.58. The van der Waals surface area contributed by atoms with Gasteiger partial charge in [0.2, 0.25) is 0 Å². The average Bonchev–Trinajstić information content (AvgIpc) is 3.22. The maximum atomic E-state index is 14.0. The van der Waals surface area contributed by atoms with Crippen molar-refractivity contribution in [3.8, 4) is 11.3 Å². The molecule has 0 aliphatic carbocycles. The maximum Gasteiger partial charge on any atom is 0.367 e. The Morgan fingerprint density at radius 3 is 2.15 bits per heavy atom. The third kappa shape index (κ3) is 2.35. The van der Waals surface area contributed by atoms with Crippen molar-refractivity contribution in [3.05, 3.63) is 77.2 Å². The molecule has 1 aromatic heterocycles. The SMILES string of the molecule is O=C(ON1C(=O)c2ccccc2C1=O)c1cn[nH]c1-c1ccccc1F. The topological polar surface area (TPSA) is 92.4 Å². The lowest BCUT2D eigenvalue weighted by Gasteiger charge is -2.12. The molecule has 26 heavy (non-hydrogen) atoms. The lowest BCUT2D eigenvalue weighted by atomic mass is 10.1. The molecule has 0 unspecified atom stereocenters. The van der Waals surface area contributed by atoms with Crippen LogP contribution >= 0.6 is 0 Å². The van der Waals surface area contributed by atoms with Gasteiger partial charge in [-0.3, -0.25) is 14.7 Å².